The Morgan fingerprint density at radius 1 is 1.41 bits per heavy atom. The number of hydrogen-bond donors (Lipinski definition) is 1. The molecular weight excluding hydrogens is 282 g/mol. The monoisotopic (exact) mass is 303 g/mol. The van der Waals surface area contributed by atoms with Gasteiger partial charge >= 0.3 is 0 Å². The Bertz CT molecular complexity index is 624. The first-order valence-electron chi connectivity index (χ1n) is 7.44. The summed E-state index contributed by atoms with van der Waals surface area (Å²) in [6, 6.07) is 7.00. The maximum Gasteiger partial charge on any atom is 0.270 e. The molecule has 0 aliphatic heterocycles. The van der Waals surface area contributed by atoms with Gasteiger partial charge in [-0.1, -0.05) is 24.5 Å². The van der Waals surface area contributed by atoms with Gasteiger partial charge in [-0.25, -0.2) is 0 Å². The van der Waals surface area contributed by atoms with Crippen molar-refractivity contribution in [2.75, 3.05) is 5.32 Å². The van der Waals surface area contributed by atoms with E-state index in [9.17, 15) is 4.79 Å². The first-order valence-corrected chi connectivity index (χ1v) is 7.44. The van der Waals surface area contributed by atoms with E-state index in [0.717, 1.165) is 12.8 Å². The molecule has 7 heteroatoms. The minimum atomic E-state index is -0.288. The molecular formula is C15H21N5O2. The zero-order valence-electron chi connectivity index (χ0n) is 13.1. The zero-order valence-corrected chi connectivity index (χ0v) is 13.1. The van der Waals surface area contributed by atoms with E-state index in [4.69, 9.17) is 4.74 Å². The van der Waals surface area contributed by atoms with E-state index in [1.165, 1.54) is 4.80 Å². The number of rotatable bonds is 7. The van der Waals surface area contributed by atoms with Crippen LogP contribution in [0.2, 0.25) is 0 Å². The molecule has 0 spiro atoms. The molecule has 0 atom stereocenters. The fourth-order valence-corrected chi connectivity index (χ4v) is 1.84. The smallest absolute Gasteiger partial charge is 0.270 e. The number of anilines is 1. The van der Waals surface area contributed by atoms with Gasteiger partial charge in [0.25, 0.3) is 11.9 Å². The second-order valence-corrected chi connectivity index (χ2v) is 5.21. The lowest BCUT2D eigenvalue weighted by Crippen LogP contribution is -2.14. The minimum Gasteiger partial charge on any atom is -0.491 e. The first-order chi connectivity index (χ1) is 10.6. The van der Waals surface area contributed by atoms with Crippen molar-refractivity contribution >= 4 is 11.9 Å². The molecule has 0 unspecified atom stereocenters. The molecule has 0 aliphatic carbocycles. The fraction of sp³-hybridized carbons (Fsp3) is 0.467. The standard InChI is InChI=1S/C15H21N5O2/c1-4-5-9-20-18-15(17-19-20)16-14(21)12-7-6-8-13(10-12)22-11(2)3/h6-8,10-11H,4-5,9H2,1-3H3,(H,16,18,21). The van der Waals surface area contributed by atoms with Crippen LogP contribution in [0.5, 0.6) is 5.75 Å². The number of tetrazole rings is 1. The quantitative estimate of drug-likeness (QED) is 0.850. The molecule has 22 heavy (non-hydrogen) atoms. The van der Waals surface area contributed by atoms with Crippen LogP contribution in [-0.2, 0) is 6.54 Å². The van der Waals surface area contributed by atoms with Gasteiger partial charge in [-0.3, -0.25) is 10.1 Å². The second kappa shape index (κ2) is 7.53. The van der Waals surface area contributed by atoms with Crippen LogP contribution in [0.15, 0.2) is 24.3 Å². The van der Waals surface area contributed by atoms with Gasteiger partial charge in [-0.05, 0) is 43.7 Å². The minimum absolute atomic E-state index is 0.0541. The highest BCUT2D eigenvalue weighted by Crippen LogP contribution is 2.15. The normalized spacial score (nSPS) is 10.7. The molecule has 1 amide bonds. The van der Waals surface area contributed by atoms with E-state index in [2.05, 4.69) is 27.7 Å². The maximum absolute atomic E-state index is 12.2. The molecule has 0 saturated heterocycles. The summed E-state index contributed by atoms with van der Waals surface area (Å²) in [6.45, 7) is 6.65. The first kappa shape index (κ1) is 15.9. The van der Waals surface area contributed by atoms with E-state index in [1.807, 2.05) is 19.9 Å². The second-order valence-electron chi connectivity index (χ2n) is 5.21. The molecule has 0 bridgehead atoms. The summed E-state index contributed by atoms with van der Waals surface area (Å²) in [6.07, 6.45) is 2.07. The zero-order chi connectivity index (χ0) is 15.9. The molecule has 2 aromatic rings. The lowest BCUT2D eigenvalue weighted by molar-refractivity contribution is 0.102. The Hall–Kier alpha value is -2.44. The topological polar surface area (TPSA) is 81.9 Å². The van der Waals surface area contributed by atoms with Crippen molar-refractivity contribution in [2.45, 2.75) is 46.3 Å². The van der Waals surface area contributed by atoms with Crippen LogP contribution in [-0.4, -0.2) is 32.2 Å². The summed E-state index contributed by atoms with van der Waals surface area (Å²) >= 11 is 0. The summed E-state index contributed by atoms with van der Waals surface area (Å²) in [5.74, 6) is 0.572. The third-order valence-electron chi connectivity index (χ3n) is 2.86. The molecule has 1 N–H and O–H groups in total. The van der Waals surface area contributed by atoms with E-state index >= 15 is 0 Å². The molecule has 0 radical (unpaired) electrons. The maximum atomic E-state index is 12.2. The number of unbranched alkanes of at least 4 members (excludes halogenated alkanes) is 1. The van der Waals surface area contributed by atoms with Crippen LogP contribution in [0.25, 0.3) is 0 Å². The Morgan fingerprint density at radius 3 is 2.95 bits per heavy atom. The predicted octanol–water partition coefficient (Wildman–Crippen LogP) is 2.51. The Kier molecular flexibility index (Phi) is 5.46. The highest BCUT2D eigenvalue weighted by molar-refractivity contribution is 6.03. The van der Waals surface area contributed by atoms with Gasteiger partial charge < -0.3 is 4.74 Å². The summed E-state index contributed by atoms with van der Waals surface area (Å²) in [7, 11) is 0. The van der Waals surface area contributed by atoms with Crippen LogP contribution in [0.1, 0.15) is 44.0 Å². The van der Waals surface area contributed by atoms with Gasteiger partial charge in [-0.15, -0.1) is 5.10 Å². The number of carbonyl (C=O) groups excluding carboxylic acids is 1. The molecule has 0 saturated carbocycles. The van der Waals surface area contributed by atoms with Crippen molar-refractivity contribution in [3.63, 3.8) is 0 Å². The number of aryl methyl sites for hydroxylation is 1. The molecule has 0 fully saturated rings. The number of nitrogens with one attached hydrogen (secondary N) is 1. The molecule has 1 aromatic carbocycles. The van der Waals surface area contributed by atoms with Gasteiger partial charge in [0.05, 0.1) is 12.6 Å². The molecule has 7 nitrogen and oxygen atoms in total. The Labute approximate surface area is 129 Å². The number of aromatic nitrogens is 4. The number of amides is 1. The highest BCUT2D eigenvalue weighted by Gasteiger charge is 2.11. The molecule has 118 valence electrons. The van der Waals surface area contributed by atoms with Gasteiger partial charge in [0.1, 0.15) is 5.75 Å². The van der Waals surface area contributed by atoms with Crippen LogP contribution in [0.4, 0.5) is 5.95 Å². The number of ether oxygens (including phenoxy) is 1. The highest BCUT2D eigenvalue weighted by atomic mass is 16.5. The van der Waals surface area contributed by atoms with Crippen LogP contribution in [0, 0.1) is 0 Å². The molecule has 2 rings (SSSR count). The van der Waals surface area contributed by atoms with Crippen molar-refractivity contribution in [3.05, 3.63) is 29.8 Å². The van der Waals surface area contributed by atoms with Crippen molar-refractivity contribution in [3.8, 4) is 5.75 Å². The number of hydrogen-bond acceptors (Lipinski definition) is 5. The van der Waals surface area contributed by atoms with Gasteiger partial charge in [0, 0.05) is 5.56 Å². The Balaban J connectivity index is 2.01. The molecule has 1 heterocycles. The van der Waals surface area contributed by atoms with Gasteiger partial charge in [0.2, 0.25) is 0 Å². The van der Waals surface area contributed by atoms with Crippen LogP contribution < -0.4 is 10.1 Å². The average Bonchev–Trinajstić information content (AvgIpc) is 2.92. The van der Waals surface area contributed by atoms with Crippen LogP contribution in [0.3, 0.4) is 0 Å². The SMILES string of the molecule is CCCCn1nnc(NC(=O)c2cccc(OC(C)C)c2)n1. The molecule has 0 aliphatic rings. The van der Waals surface area contributed by atoms with Crippen molar-refractivity contribution < 1.29 is 9.53 Å². The van der Waals surface area contributed by atoms with Crippen LogP contribution >= 0.6 is 0 Å². The van der Waals surface area contributed by atoms with Crippen molar-refractivity contribution in [1.82, 2.24) is 20.2 Å². The van der Waals surface area contributed by atoms with E-state index in [-0.39, 0.29) is 18.0 Å². The van der Waals surface area contributed by atoms with E-state index < -0.39 is 0 Å². The van der Waals surface area contributed by atoms with E-state index in [1.54, 1.807) is 18.2 Å². The van der Waals surface area contributed by atoms with Crippen molar-refractivity contribution in [2.24, 2.45) is 0 Å². The molecule has 1 aromatic heterocycles. The average molecular weight is 303 g/mol. The predicted molar refractivity (Wildman–Crippen MR) is 82.9 cm³/mol. The lowest BCUT2D eigenvalue weighted by atomic mass is 10.2. The summed E-state index contributed by atoms with van der Waals surface area (Å²) in [5.41, 5.74) is 0.489. The fourth-order valence-electron chi connectivity index (χ4n) is 1.84. The third-order valence-corrected chi connectivity index (χ3v) is 2.86. The van der Waals surface area contributed by atoms with E-state index in [0.29, 0.717) is 17.9 Å². The lowest BCUT2D eigenvalue weighted by Gasteiger charge is -2.10. The number of benzene rings is 1. The summed E-state index contributed by atoms with van der Waals surface area (Å²) in [5, 5.41) is 14.5. The summed E-state index contributed by atoms with van der Waals surface area (Å²) < 4.78 is 5.58. The number of carbonyl (C=O) groups is 1. The third kappa shape index (κ3) is 4.54. The Morgan fingerprint density at radius 2 is 2.23 bits per heavy atom. The largest absolute Gasteiger partial charge is 0.491 e. The van der Waals surface area contributed by atoms with Gasteiger partial charge in [-0.2, -0.15) is 4.80 Å². The number of nitrogens with zero attached hydrogens (tertiary/aromatic N) is 4. The van der Waals surface area contributed by atoms with Crippen molar-refractivity contribution in [1.29, 1.82) is 0 Å². The van der Waals surface area contributed by atoms with Gasteiger partial charge in [0.15, 0.2) is 0 Å². The summed E-state index contributed by atoms with van der Waals surface area (Å²) in [4.78, 5) is 13.7.